The van der Waals surface area contributed by atoms with Crippen LogP contribution < -0.4 is 26.4 Å². The Morgan fingerprint density at radius 1 is 0.980 bits per heavy atom. The van der Waals surface area contributed by atoms with Gasteiger partial charge in [-0.3, -0.25) is 9.59 Å². The quantitative estimate of drug-likeness (QED) is 0.0910. The molecule has 0 saturated heterocycles. The van der Waals surface area contributed by atoms with E-state index in [0.717, 1.165) is 12.1 Å². The maximum atomic E-state index is 15.3. The Morgan fingerprint density at radius 3 is 2.37 bits per heavy atom. The first kappa shape index (κ1) is 36.4. The van der Waals surface area contributed by atoms with Gasteiger partial charge >= 0.3 is 12.1 Å². The van der Waals surface area contributed by atoms with Crippen LogP contribution in [-0.2, 0) is 41.2 Å². The van der Waals surface area contributed by atoms with Crippen LogP contribution in [0.4, 0.5) is 34.8 Å². The summed E-state index contributed by atoms with van der Waals surface area (Å²) in [6.07, 6.45) is -4.35. The van der Waals surface area contributed by atoms with Gasteiger partial charge in [0.1, 0.15) is 17.4 Å². The van der Waals surface area contributed by atoms with Gasteiger partial charge in [-0.1, -0.05) is 19.1 Å². The Morgan fingerprint density at radius 2 is 1.71 bits per heavy atom. The Kier molecular flexibility index (Phi) is 10.7. The monoisotopic (exact) mass is 705 g/mol. The molecular formula is C32H31F4N5O7S. The normalized spacial score (nSPS) is 12.9. The number of nitrogen functional groups attached to an aromatic ring is 1. The fourth-order valence-electron chi connectivity index (χ4n) is 4.88. The Bertz CT molecular complexity index is 2030. The number of benzene rings is 3. The second-order valence-corrected chi connectivity index (χ2v) is 12.7. The van der Waals surface area contributed by atoms with E-state index in [9.17, 15) is 36.0 Å². The van der Waals surface area contributed by atoms with Crippen molar-refractivity contribution in [3.8, 4) is 5.75 Å². The summed E-state index contributed by atoms with van der Waals surface area (Å²) in [4.78, 5) is 42.0. The maximum absolute atomic E-state index is 15.3. The van der Waals surface area contributed by atoms with Crippen molar-refractivity contribution in [2.75, 3.05) is 28.7 Å². The highest BCUT2D eigenvalue weighted by Crippen LogP contribution is 2.36. The molecule has 1 atom stereocenters. The van der Waals surface area contributed by atoms with Gasteiger partial charge in [-0.2, -0.15) is 13.2 Å². The molecule has 0 radical (unpaired) electrons. The molecule has 260 valence electrons. The summed E-state index contributed by atoms with van der Waals surface area (Å²) >= 11 is 0. The number of carbonyl (C=O) groups excluding carboxylic acids is 3. The zero-order valence-electron chi connectivity index (χ0n) is 26.3. The van der Waals surface area contributed by atoms with Crippen molar-refractivity contribution in [2.45, 2.75) is 44.1 Å². The molecule has 0 aliphatic carbocycles. The number of halogens is 4. The Balaban J connectivity index is 1.92. The number of amides is 2. The van der Waals surface area contributed by atoms with Crippen LogP contribution in [0.5, 0.6) is 5.75 Å². The van der Waals surface area contributed by atoms with E-state index in [-0.39, 0.29) is 62.1 Å². The zero-order chi connectivity index (χ0) is 36.1. The lowest BCUT2D eigenvalue weighted by molar-refractivity contribution is -0.213. The second kappa shape index (κ2) is 14.3. The van der Waals surface area contributed by atoms with Gasteiger partial charge < -0.3 is 31.2 Å². The van der Waals surface area contributed by atoms with Crippen LogP contribution in [0.2, 0.25) is 0 Å². The maximum Gasteiger partial charge on any atom is 0.491 e. The molecule has 0 bridgehead atoms. The van der Waals surface area contributed by atoms with Crippen LogP contribution in [0.1, 0.15) is 31.9 Å². The summed E-state index contributed by atoms with van der Waals surface area (Å²) in [5.74, 6) is -6.11. The summed E-state index contributed by atoms with van der Waals surface area (Å²) < 4.78 is 93.0. The number of rotatable bonds is 12. The largest absolute Gasteiger partial charge is 0.494 e. The van der Waals surface area contributed by atoms with Crippen LogP contribution >= 0.6 is 0 Å². The first-order chi connectivity index (χ1) is 23.0. The SMILES string of the molecule is CCOc1cccc(C(Nc2cc(F)c3c(N)nccc3c2)(OC(=O)C(F)(F)F)C(=O)NCc2cc(NC(C)=O)ccc2S(=O)(=O)CC)c1. The van der Waals surface area contributed by atoms with Gasteiger partial charge in [0, 0.05) is 36.6 Å². The molecule has 4 rings (SSSR count). The third-order valence-electron chi connectivity index (χ3n) is 7.05. The summed E-state index contributed by atoms with van der Waals surface area (Å²) in [6.45, 7) is 3.69. The van der Waals surface area contributed by atoms with Crippen molar-refractivity contribution in [3.05, 3.63) is 83.8 Å². The minimum Gasteiger partial charge on any atom is -0.494 e. The number of carbonyl (C=O) groups is 3. The van der Waals surface area contributed by atoms with E-state index in [4.69, 9.17) is 15.2 Å². The lowest BCUT2D eigenvalue weighted by atomic mass is 9.99. The molecule has 17 heteroatoms. The van der Waals surface area contributed by atoms with E-state index < -0.39 is 51.9 Å². The summed E-state index contributed by atoms with van der Waals surface area (Å²) in [5.41, 5.74) is 2.14. The number of alkyl halides is 3. The molecule has 1 aromatic heterocycles. The third kappa shape index (κ3) is 8.17. The molecule has 0 aliphatic heterocycles. The standard InChI is InChI=1S/C32H31F4N5O7S/c1-4-47-24-8-6-7-21(15-24)31(48-30(44)32(34,35)36,41-23-13-19-11-12-38-28(37)27(19)25(33)16-23)29(43)39-17-20-14-22(40-18(3)42)9-10-26(20)49(45,46)5-2/h6-16,41H,4-5,17H2,1-3H3,(H2,37,38)(H,39,43)(H,40,42). The average Bonchev–Trinajstić information content (AvgIpc) is 3.02. The molecule has 5 N–H and O–H groups in total. The number of hydrogen-bond donors (Lipinski definition) is 4. The highest BCUT2D eigenvalue weighted by Gasteiger charge is 2.52. The highest BCUT2D eigenvalue weighted by molar-refractivity contribution is 7.91. The molecule has 49 heavy (non-hydrogen) atoms. The summed E-state index contributed by atoms with van der Waals surface area (Å²) in [5, 5.41) is 7.34. The van der Waals surface area contributed by atoms with Crippen LogP contribution in [-0.4, -0.2) is 49.7 Å². The lowest BCUT2D eigenvalue weighted by Crippen LogP contribution is -2.54. The van der Waals surface area contributed by atoms with Gasteiger partial charge in [0.15, 0.2) is 9.84 Å². The predicted octanol–water partition coefficient (Wildman–Crippen LogP) is 4.79. The van der Waals surface area contributed by atoms with E-state index in [0.29, 0.717) is 0 Å². The van der Waals surface area contributed by atoms with Crippen molar-refractivity contribution in [1.82, 2.24) is 10.3 Å². The fraction of sp³-hybridized carbons (Fsp3) is 0.250. The molecule has 12 nitrogen and oxygen atoms in total. The van der Waals surface area contributed by atoms with E-state index in [1.807, 2.05) is 0 Å². The van der Waals surface area contributed by atoms with Crippen molar-refractivity contribution in [3.63, 3.8) is 0 Å². The number of nitrogens with zero attached hydrogens (tertiary/aromatic N) is 1. The van der Waals surface area contributed by atoms with Crippen LogP contribution in [0.25, 0.3) is 10.8 Å². The Labute approximate surface area is 277 Å². The van der Waals surface area contributed by atoms with Gasteiger partial charge in [-0.05, 0) is 66.4 Å². The minimum absolute atomic E-state index is 0.0553. The van der Waals surface area contributed by atoms with Gasteiger partial charge in [0.2, 0.25) is 5.91 Å². The van der Waals surface area contributed by atoms with Crippen molar-refractivity contribution < 1.29 is 49.8 Å². The molecule has 2 amide bonds. The summed E-state index contributed by atoms with van der Waals surface area (Å²) in [6, 6.07) is 12.3. The zero-order valence-corrected chi connectivity index (χ0v) is 27.1. The molecule has 4 aromatic rings. The van der Waals surface area contributed by atoms with Crippen molar-refractivity contribution >= 4 is 55.6 Å². The molecule has 0 fully saturated rings. The number of nitrogens with two attached hydrogens (primary N) is 1. The number of fused-ring (bicyclic) bond motifs is 1. The lowest BCUT2D eigenvalue weighted by Gasteiger charge is -2.34. The van der Waals surface area contributed by atoms with Crippen LogP contribution in [0, 0.1) is 5.82 Å². The van der Waals surface area contributed by atoms with Gasteiger partial charge in [0.05, 0.1) is 22.6 Å². The summed E-state index contributed by atoms with van der Waals surface area (Å²) in [7, 11) is -3.92. The molecule has 0 aliphatic rings. The van der Waals surface area contributed by atoms with Gasteiger partial charge in [0.25, 0.3) is 11.6 Å². The number of nitrogens with one attached hydrogen (secondary N) is 3. The van der Waals surface area contributed by atoms with Crippen molar-refractivity contribution in [2.24, 2.45) is 0 Å². The number of hydrogen-bond acceptors (Lipinski definition) is 10. The van der Waals surface area contributed by atoms with E-state index >= 15 is 4.39 Å². The number of ether oxygens (including phenoxy) is 2. The first-order valence-corrected chi connectivity index (χ1v) is 16.2. The smallest absolute Gasteiger partial charge is 0.491 e. The second-order valence-electron chi connectivity index (χ2n) is 10.5. The highest BCUT2D eigenvalue weighted by atomic mass is 32.2. The van der Waals surface area contributed by atoms with E-state index in [2.05, 4.69) is 20.9 Å². The number of aromatic nitrogens is 1. The topological polar surface area (TPSA) is 179 Å². The van der Waals surface area contributed by atoms with Crippen LogP contribution in [0.3, 0.4) is 0 Å². The van der Waals surface area contributed by atoms with E-state index in [1.165, 1.54) is 68.6 Å². The Hall–Kier alpha value is -5.45. The van der Waals surface area contributed by atoms with Gasteiger partial charge in [-0.25, -0.2) is 22.6 Å². The minimum atomic E-state index is -5.60. The number of esters is 1. The predicted molar refractivity (Wildman–Crippen MR) is 171 cm³/mol. The third-order valence-corrected chi connectivity index (χ3v) is 8.88. The molecule has 0 spiro atoms. The van der Waals surface area contributed by atoms with Gasteiger partial charge in [-0.15, -0.1) is 0 Å². The molecule has 3 aromatic carbocycles. The molecular weight excluding hydrogens is 674 g/mol. The van der Waals surface area contributed by atoms with Crippen LogP contribution in [0.15, 0.2) is 71.8 Å². The number of pyridine rings is 1. The first-order valence-electron chi connectivity index (χ1n) is 14.6. The molecule has 1 unspecified atom stereocenters. The van der Waals surface area contributed by atoms with E-state index in [1.54, 1.807) is 6.92 Å². The fourth-order valence-corrected chi connectivity index (χ4v) is 6.00. The number of sulfone groups is 1. The molecule has 0 saturated carbocycles. The molecule has 1 heterocycles. The number of anilines is 3. The average molecular weight is 706 g/mol. The van der Waals surface area contributed by atoms with Crippen molar-refractivity contribution in [1.29, 1.82) is 0 Å².